The number of methoxy groups -OCH3 is 1. The molecule has 0 aromatic heterocycles. The monoisotopic (exact) mass is 404 g/mol. The van der Waals surface area contributed by atoms with E-state index < -0.39 is 0 Å². The van der Waals surface area contributed by atoms with E-state index in [2.05, 4.69) is 48.0 Å². The molecule has 0 unspecified atom stereocenters. The van der Waals surface area contributed by atoms with Crippen LogP contribution in [0.15, 0.2) is 24.3 Å². The molecule has 1 aromatic carbocycles. The van der Waals surface area contributed by atoms with Crippen molar-refractivity contribution < 1.29 is 9.53 Å². The molecule has 1 atom stereocenters. The lowest BCUT2D eigenvalue weighted by Crippen LogP contribution is -2.60. The van der Waals surface area contributed by atoms with Crippen molar-refractivity contribution in [2.24, 2.45) is 0 Å². The average Bonchev–Trinajstić information content (AvgIpc) is 2.66. The molecule has 2 aliphatic heterocycles. The summed E-state index contributed by atoms with van der Waals surface area (Å²) in [6.45, 7) is 10.4. The second kappa shape index (κ2) is 8.55. The number of piperazine rings is 1. The third kappa shape index (κ3) is 4.87. The van der Waals surface area contributed by atoms with E-state index in [1.807, 2.05) is 17.0 Å². The lowest BCUT2D eigenvalue weighted by molar-refractivity contribution is -0.131. The van der Waals surface area contributed by atoms with Gasteiger partial charge in [-0.25, -0.2) is 0 Å². The number of benzene rings is 1. The number of anilines is 1. The number of carbonyl (C=O) groups is 1. The Labute approximate surface area is 173 Å². The number of thiocarbonyl (C=S) groups is 1. The van der Waals surface area contributed by atoms with Gasteiger partial charge < -0.3 is 24.8 Å². The summed E-state index contributed by atoms with van der Waals surface area (Å²) in [5, 5.41) is 4.15. The van der Waals surface area contributed by atoms with Crippen LogP contribution in [0.3, 0.4) is 0 Å². The van der Waals surface area contributed by atoms with Crippen LogP contribution in [-0.2, 0) is 4.79 Å². The summed E-state index contributed by atoms with van der Waals surface area (Å²) < 4.78 is 5.22. The summed E-state index contributed by atoms with van der Waals surface area (Å²) in [6.07, 6.45) is 1.52. The van der Waals surface area contributed by atoms with Gasteiger partial charge >= 0.3 is 0 Å². The standard InChI is InChI=1S/C21H32N4O2S/c1-16-15-21(2,3)22-20(28)25(16)10-9-19(26)24-13-11-23(12-14-24)17-5-7-18(27-4)8-6-17/h5-8,16H,9-15H2,1-4H3,(H,22,28)/t16-/m0/s1. The number of amides is 1. The average molecular weight is 405 g/mol. The van der Waals surface area contributed by atoms with Crippen LogP contribution in [0.5, 0.6) is 5.75 Å². The van der Waals surface area contributed by atoms with E-state index in [4.69, 9.17) is 17.0 Å². The van der Waals surface area contributed by atoms with Crippen molar-refractivity contribution in [3.63, 3.8) is 0 Å². The van der Waals surface area contributed by atoms with Gasteiger partial charge in [-0.05, 0) is 63.7 Å². The minimum atomic E-state index is 0.0226. The van der Waals surface area contributed by atoms with Gasteiger partial charge in [-0.15, -0.1) is 0 Å². The molecular weight excluding hydrogens is 372 g/mol. The van der Waals surface area contributed by atoms with Crippen molar-refractivity contribution in [2.45, 2.75) is 45.2 Å². The van der Waals surface area contributed by atoms with Gasteiger partial charge in [-0.3, -0.25) is 4.79 Å². The second-order valence-electron chi connectivity index (χ2n) is 8.38. The van der Waals surface area contributed by atoms with Gasteiger partial charge in [0.2, 0.25) is 5.91 Å². The number of hydrogen-bond donors (Lipinski definition) is 1. The van der Waals surface area contributed by atoms with Crippen molar-refractivity contribution in [1.82, 2.24) is 15.1 Å². The molecule has 28 heavy (non-hydrogen) atoms. The quantitative estimate of drug-likeness (QED) is 0.761. The van der Waals surface area contributed by atoms with Crippen LogP contribution in [0.1, 0.15) is 33.6 Å². The third-order valence-corrected chi connectivity index (χ3v) is 6.02. The van der Waals surface area contributed by atoms with Gasteiger partial charge in [0.15, 0.2) is 5.11 Å². The SMILES string of the molecule is COc1ccc(N2CCN(C(=O)CCN3C(=S)NC(C)(C)C[C@@H]3C)CC2)cc1. The maximum Gasteiger partial charge on any atom is 0.224 e. The van der Waals surface area contributed by atoms with Gasteiger partial charge in [-0.1, -0.05) is 0 Å². The number of hydrogen-bond acceptors (Lipinski definition) is 4. The van der Waals surface area contributed by atoms with E-state index in [0.717, 1.165) is 43.5 Å². The molecule has 7 heteroatoms. The van der Waals surface area contributed by atoms with Crippen molar-refractivity contribution in [3.8, 4) is 5.75 Å². The first-order chi connectivity index (χ1) is 13.3. The Kier molecular flexibility index (Phi) is 6.33. The first kappa shape index (κ1) is 20.7. The number of ether oxygens (including phenoxy) is 1. The molecule has 0 aliphatic carbocycles. The van der Waals surface area contributed by atoms with E-state index in [1.54, 1.807) is 7.11 Å². The van der Waals surface area contributed by atoms with Crippen molar-refractivity contribution in [2.75, 3.05) is 44.7 Å². The van der Waals surface area contributed by atoms with Crippen LogP contribution >= 0.6 is 12.2 Å². The van der Waals surface area contributed by atoms with Gasteiger partial charge in [0.05, 0.1) is 7.11 Å². The second-order valence-corrected chi connectivity index (χ2v) is 8.76. The molecule has 154 valence electrons. The molecule has 1 aromatic rings. The zero-order chi connectivity index (χ0) is 20.3. The fraction of sp³-hybridized carbons (Fsp3) is 0.619. The molecule has 2 heterocycles. The highest BCUT2D eigenvalue weighted by atomic mass is 32.1. The Bertz CT molecular complexity index is 699. The Morgan fingerprint density at radius 2 is 1.86 bits per heavy atom. The van der Waals surface area contributed by atoms with E-state index in [-0.39, 0.29) is 11.4 Å². The Morgan fingerprint density at radius 3 is 2.43 bits per heavy atom. The highest BCUT2D eigenvalue weighted by molar-refractivity contribution is 7.80. The molecule has 6 nitrogen and oxygen atoms in total. The highest BCUT2D eigenvalue weighted by Crippen LogP contribution is 2.23. The molecule has 2 fully saturated rings. The van der Waals surface area contributed by atoms with E-state index in [1.165, 1.54) is 5.69 Å². The van der Waals surface area contributed by atoms with E-state index in [0.29, 0.717) is 19.0 Å². The summed E-state index contributed by atoms with van der Waals surface area (Å²) in [6, 6.07) is 8.45. The lowest BCUT2D eigenvalue weighted by atomic mass is 9.93. The molecule has 1 N–H and O–H groups in total. The zero-order valence-electron chi connectivity index (χ0n) is 17.4. The summed E-state index contributed by atoms with van der Waals surface area (Å²) in [5.41, 5.74) is 1.20. The first-order valence-corrected chi connectivity index (χ1v) is 10.5. The minimum absolute atomic E-state index is 0.0226. The maximum atomic E-state index is 12.7. The van der Waals surface area contributed by atoms with Crippen LogP contribution in [0, 0.1) is 0 Å². The van der Waals surface area contributed by atoms with Crippen molar-refractivity contribution in [1.29, 1.82) is 0 Å². The molecule has 3 rings (SSSR count). The molecule has 1 amide bonds. The molecule has 0 bridgehead atoms. The summed E-state index contributed by atoms with van der Waals surface area (Å²) in [5.74, 6) is 1.08. The molecule has 0 radical (unpaired) electrons. The normalized spacial score (nSPS) is 22.1. The number of nitrogens with one attached hydrogen (secondary N) is 1. The summed E-state index contributed by atoms with van der Waals surface area (Å²) in [4.78, 5) is 19.2. The molecular formula is C21H32N4O2S. The van der Waals surface area contributed by atoms with Gasteiger partial charge in [0.1, 0.15) is 5.75 Å². The Hall–Kier alpha value is -2.02. The predicted molar refractivity (Wildman–Crippen MR) is 117 cm³/mol. The van der Waals surface area contributed by atoms with Gasteiger partial charge in [-0.2, -0.15) is 0 Å². The predicted octanol–water partition coefficient (Wildman–Crippen LogP) is 2.48. The third-order valence-electron chi connectivity index (χ3n) is 5.68. The zero-order valence-corrected chi connectivity index (χ0v) is 18.2. The Balaban J connectivity index is 1.47. The number of nitrogens with zero attached hydrogens (tertiary/aromatic N) is 3. The van der Waals surface area contributed by atoms with Crippen LogP contribution in [0.4, 0.5) is 5.69 Å². The van der Waals surface area contributed by atoms with Crippen LogP contribution in [0.2, 0.25) is 0 Å². The first-order valence-electron chi connectivity index (χ1n) is 10.0. The fourth-order valence-corrected chi connectivity index (χ4v) is 4.71. The van der Waals surface area contributed by atoms with E-state index >= 15 is 0 Å². The maximum absolute atomic E-state index is 12.7. The number of carbonyl (C=O) groups excluding carboxylic acids is 1. The molecule has 2 saturated heterocycles. The van der Waals surface area contributed by atoms with Crippen molar-refractivity contribution in [3.05, 3.63) is 24.3 Å². The Morgan fingerprint density at radius 1 is 1.21 bits per heavy atom. The van der Waals surface area contributed by atoms with Gasteiger partial charge in [0, 0.05) is 56.4 Å². The lowest BCUT2D eigenvalue weighted by Gasteiger charge is -2.45. The van der Waals surface area contributed by atoms with Crippen LogP contribution < -0.4 is 15.0 Å². The topological polar surface area (TPSA) is 48.1 Å². The molecule has 0 spiro atoms. The highest BCUT2D eigenvalue weighted by Gasteiger charge is 2.33. The van der Waals surface area contributed by atoms with Crippen molar-refractivity contribution >= 4 is 28.9 Å². The van der Waals surface area contributed by atoms with E-state index in [9.17, 15) is 4.79 Å². The summed E-state index contributed by atoms with van der Waals surface area (Å²) >= 11 is 5.52. The van der Waals surface area contributed by atoms with Gasteiger partial charge in [0.25, 0.3) is 0 Å². The number of rotatable bonds is 5. The smallest absolute Gasteiger partial charge is 0.224 e. The van der Waals surface area contributed by atoms with Crippen LogP contribution in [0.25, 0.3) is 0 Å². The minimum Gasteiger partial charge on any atom is -0.497 e. The van der Waals surface area contributed by atoms with Crippen LogP contribution in [-0.4, -0.2) is 72.2 Å². The fourth-order valence-electron chi connectivity index (χ4n) is 4.16. The largest absolute Gasteiger partial charge is 0.497 e. The molecule has 0 saturated carbocycles. The molecule has 2 aliphatic rings. The summed E-state index contributed by atoms with van der Waals surface area (Å²) in [7, 11) is 1.67.